The van der Waals surface area contributed by atoms with Gasteiger partial charge < -0.3 is 15.1 Å². The van der Waals surface area contributed by atoms with E-state index in [1.54, 1.807) is 11.8 Å². The smallest absolute Gasteiger partial charge is 0.289 e. The van der Waals surface area contributed by atoms with Crippen molar-refractivity contribution in [3.8, 4) is 0 Å². The number of furan rings is 1. The summed E-state index contributed by atoms with van der Waals surface area (Å²) in [4.78, 5) is 14.6. The summed E-state index contributed by atoms with van der Waals surface area (Å²) in [7, 11) is -3.60. The Balaban J connectivity index is 0.00000243. The first-order valence-electron chi connectivity index (χ1n) is 8.78. The molecule has 0 aliphatic carbocycles. The van der Waals surface area contributed by atoms with Gasteiger partial charge >= 0.3 is 0 Å². The van der Waals surface area contributed by atoms with Gasteiger partial charge in [-0.2, -0.15) is 4.31 Å². The molecule has 0 bridgehead atoms. The molecule has 1 atom stereocenters. The van der Waals surface area contributed by atoms with Gasteiger partial charge in [0.25, 0.3) is 5.91 Å². The van der Waals surface area contributed by atoms with Crippen molar-refractivity contribution >= 4 is 28.3 Å². The van der Waals surface area contributed by atoms with E-state index in [9.17, 15) is 13.2 Å². The first kappa shape index (κ1) is 21.2. The minimum atomic E-state index is -3.60. The van der Waals surface area contributed by atoms with Gasteiger partial charge in [0.1, 0.15) is 10.7 Å². The van der Waals surface area contributed by atoms with Gasteiger partial charge in [-0.05, 0) is 31.6 Å². The average molecular weight is 406 g/mol. The summed E-state index contributed by atoms with van der Waals surface area (Å²) in [5.41, 5.74) is 5.94. The predicted octanol–water partition coefficient (Wildman–Crippen LogP) is 1.99. The molecule has 1 aromatic rings. The highest BCUT2D eigenvalue weighted by molar-refractivity contribution is 7.89. The second kappa shape index (κ2) is 7.50. The van der Waals surface area contributed by atoms with E-state index in [4.69, 9.17) is 10.2 Å². The van der Waals surface area contributed by atoms with Crippen molar-refractivity contribution in [2.24, 2.45) is 11.1 Å². The van der Waals surface area contributed by atoms with Gasteiger partial charge in [-0.3, -0.25) is 4.79 Å². The van der Waals surface area contributed by atoms with Crippen LogP contribution >= 0.6 is 12.4 Å². The Kier molecular flexibility index (Phi) is 6.12. The third kappa shape index (κ3) is 3.78. The quantitative estimate of drug-likeness (QED) is 0.829. The average Bonchev–Trinajstić information content (AvgIpc) is 3.19. The Morgan fingerprint density at radius 1 is 1.27 bits per heavy atom. The summed E-state index contributed by atoms with van der Waals surface area (Å²) in [6.45, 7) is 7.79. The second-order valence-corrected chi connectivity index (χ2v) is 9.66. The fourth-order valence-corrected chi connectivity index (χ4v) is 5.28. The van der Waals surface area contributed by atoms with Crippen molar-refractivity contribution in [1.29, 1.82) is 0 Å². The molecule has 2 saturated heterocycles. The molecule has 2 fully saturated rings. The molecule has 0 radical (unpaired) electrons. The van der Waals surface area contributed by atoms with Crippen LogP contribution in [-0.4, -0.2) is 55.8 Å². The van der Waals surface area contributed by atoms with Crippen LogP contribution in [0.25, 0.3) is 0 Å². The number of sulfonamides is 1. The maximum absolute atomic E-state index is 12.8. The van der Waals surface area contributed by atoms with Crippen LogP contribution < -0.4 is 5.73 Å². The normalized spacial score (nSPS) is 23.7. The maximum Gasteiger partial charge on any atom is 0.289 e. The van der Waals surface area contributed by atoms with Crippen LogP contribution in [0.5, 0.6) is 0 Å². The van der Waals surface area contributed by atoms with E-state index in [0.717, 1.165) is 19.3 Å². The molecule has 2 aliphatic heterocycles. The highest BCUT2D eigenvalue weighted by Gasteiger charge is 2.37. The lowest BCUT2D eigenvalue weighted by Crippen LogP contribution is -2.53. The van der Waals surface area contributed by atoms with E-state index in [2.05, 4.69) is 0 Å². The molecule has 0 aromatic carbocycles. The summed E-state index contributed by atoms with van der Waals surface area (Å²) < 4.78 is 32.5. The number of hydrogen-bond donors (Lipinski definition) is 1. The Labute approximate surface area is 161 Å². The van der Waals surface area contributed by atoms with E-state index in [1.807, 2.05) is 13.8 Å². The van der Waals surface area contributed by atoms with Gasteiger partial charge in [-0.1, -0.05) is 13.8 Å². The molecule has 2 N–H and O–H groups in total. The van der Waals surface area contributed by atoms with E-state index in [1.165, 1.54) is 10.4 Å². The molecule has 0 spiro atoms. The highest BCUT2D eigenvalue weighted by Crippen LogP contribution is 2.31. The molecular formula is C17H28ClN3O4S. The maximum atomic E-state index is 12.8. The molecule has 7 nitrogen and oxygen atoms in total. The Bertz CT molecular complexity index is 769. The zero-order chi connectivity index (χ0) is 18.4. The number of nitrogens with zero attached hydrogens (tertiary/aromatic N) is 2. The highest BCUT2D eigenvalue weighted by atomic mass is 35.5. The number of piperidine rings is 1. The summed E-state index contributed by atoms with van der Waals surface area (Å²) in [5.74, 6) is 0.0794. The zero-order valence-electron chi connectivity index (χ0n) is 15.5. The second-order valence-electron chi connectivity index (χ2n) is 7.75. The lowest BCUT2D eigenvalue weighted by atomic mass is 9.79. The molecule has 1 aromatic heterocycles. The molecule has 1 amide bonds. The number of carbonyl (C=O) groups excluding carboxylic acids is 1. The number of amides is 1. The van der Waals surface area contributed by atoms with Crippen molar-refractivity contribution in [3.63, 3.8) is 0 Å². The SMILES string of the molecule is Cc1oc(C(=O)N2CCC(N)C(C)(C)C2)cc1S(=O)(=O)N1CCCC1.Cl. The number of nitrogens with two attached hydrogens (primary N) is 1. The minimum Gasteiger partial charge on any atom is -0.455 e. The lowest BCUT2D eigenvalue weighted by Gasteiger charge is -2.42. The van der Waals surface area contributed by atoms with Gasteiger partial charge in [0.05, 0.1) is 0 Å². The van der Waals surface area contributed by atoms with Gasteiger partial charge in [0.15, 0.2) is 5.76 Å². The lowest BCUT2D eigenvalue weighted by molar-refractivity contribution is 0.0502. The van der Waals surface area contributed by atoms with Gasteiger partial charge in [0, 0.05) is 38.3 Å². The predicted molar refractivity (Wildman–Crippen MR) is 101 cm³/mol. The van der Waals surface area contributed by atoms with E-state index in [0.29, 0.717) is 26.2 Å². The summed E-state index contributed by atoms with van der Waals surface area (Å²) in [5, 5.41) is 0. The number of halogens is 1. The van der Waals surface area contributed by atoms with E-state index < -0.39 is 10.0 Å². The molecule has 1 unspecified atom stereocenters. The molecule has 0 saturated carbocycles. The van der Waals surface area contributed by atoms with Crippen LogP contribution in [0.4, 0.5) is 0 Å². The molecule has 3 heterocycles. The first-order valence-corrected chi connectivity index (χ1v) is 10.2. The summed E-state index contributed by atoms with van der Waals surface area (Å²) in [6, 6.07) is 1.42. The van der Waals surface area contributed by atoms with Crippen molar-refractivity contribution in [3.05, 3.63) is 17.6 Å². The third-order valence-corrected chi connectivity index (χ3v) is 7.37. The van der Waals surface area contributed by atoms with Crippen LogP contribution in [0, 0.1) is 12.3 Å². The molecule has 26 heavy (non-hydrogen) atoms. The van der Waals surface area contributed by atoms with Crippen LogP contribution in [0.1, 0.15) is 49.4 Å². The fourth-order valence-electron chi connectivity index (χ4n) is 3.60. The van der Waals surface area contributed by atoms with Crippen LogP contribution in [0.3, 0.4) is 0 Å². The minimum absolute atomic E-state index is 0. The topological polar surface area (TPSA) is 96.8 Å². The number of carbonyl (C=O) groups is 1. The van der Waals surface area contributed by atoms with Gasteiger partial charge in [-0.25, -0.2) is 8.42 Å². The standard InChI is InChI=1S/C17H27N3O4S.ClH/c1-12-14(25(22,23)20-7-4-5-8-20)10-13(24-12)16(21)19-9-6-15(18)17(2,3)11-19;/h10,15H,4-9,11,18H2,1-3H3;1H. The summed E-state index contributed by atoms with van der Waals surface area (Å²) >= 11 is 0. The van der Waals surface area contributed by atoms with Crippen molar-refractivity contribution in [1.82, 2.24) is 9.21 Å². The van der Waals surface area contributed by atoms with Crippen LogP contribution in [0.15, 0.2) is 15.4 Å². The largest absolute Gasteiger partial charge is 0.455 e. The number of likely N-dealkylation sites (tertiary alicyclic amines) is 1. The Hall–Kier alpha value is -1.09. The van der Waals surface area contributed by atoms with E-state index >= 15 is 0 Å². The van der Waals surface area contributed by atoms with Crippen LogP contribution in [0.2, 0.25) is 0 Å². The Morgan fingerprint density at radius 2 is 1.88 bits per heavy atom. The van der Waals surface area contributed by atoms with Gasteiger partial charge in [-0.15, -0.1) is 12.4 Å². The summed E-state index contributed by atoms with van der Waals surface area (Å²) in [6.07, 6.45) is 2.45. The number of aryl methyl sites for hydroxylation is 1. The number of rotatable bonds is 3. The molecule has 9 heteroatoms. The van der Waals surface area contributed by atoms with Crippen molar-refractivity contribution in [2.75, 3.05) is 26.2 Å². The molecular weight excluding hydrogens is 378 g/mol. The van der Waals surface area contributed by atoms with Gasteiger partial charge in [0.2, 0.25) is 10.0 Å². The first-order chi connectivity index (χ1) is 11.6. The van der Waals surface area contributed by atoms with Crippen molar-refractivity contribution in [2.45, 2.75) is 51.0 Å². The fraction of sp³-hybridized carbons (Fsp3) is 0.706. The van der Waals surface area contributed by atoms with E-state index in [-0.39, 0.29) is 46.2 Å². The van der Waals surface area contributed by atoms with Crippen LogP contribution in [-0.2, 0) is 10.0 Å². The molecule has 2 aliphatic rings. The Morgan fingerprint density at radius 3 is 2.46 bits per heavy atom. The zero-order valence-corrected chi connectivity index (χ0v) is 17.2. The molecule has 148 valence electrons. The number of hydrogen-bond acceptors (Lipinski definition) is 5. The van der Waals surface area contributed by atoms with Crippen molar-refractivity contribution < 1.29 is 17.6 Å². The monoisotopic (exact) mass is 405 g/mol. The molecule has 3 rings (SSSR count). The third-order valence-electron chi connectivity index (χ3n) is 5.37.